The van der Waals surface area contributed by atoms with Crippen molar-refractivity contribution >= 4 is 54.7 Å². The Labute approximate surface area is 151 Å². The molecule has 0 aliphatic carbocycles. The van der Waals surface area contributed by atoms with Gasteiger partial charge in [-0.15, -0.1) is 11.3 Å². The van der Waals surface area contributed by atoms with Crippen LogP contribution in [0.15, 0.2) is 57.3 Å². The van der Waals surface area contributed by atoms with Gasteiger partial charge in [-0.2, -0.15) is 5.10 Å². The van der Waals surface area contributed by atoms with Crippen LogP contribution in [0, 0.1) is 0 Å². The number of nitrogens with one attached hydrogen (secondary N) is 1. The molecule has 0 saturated heterocycles. The van der Waals surface area contributed by atoms with E-state index in [1.54, 1.807) is 23.0 Å². The van der Waals surface area contributed by atoms with Crippen LogP contribution >= 0.6 is 38.9 Å². The van der Waals surface area contributed by atoms with Gasteiger partial charge in [0, 0.05) is 16.7 Å². The molecule has 0 atom stereocenters. The lowest BCUT2D eigenvalue weighted by Gasteiger charge is -2.04. The summed E-state index contributed by atoms with van der Waals surface area (Å²) in [6, 6.07) is 12.5. The summed E-state index contributed by atoms with van der Waals surface area (Å²) >= 11 is 10.2. The number of hydrogen-bond donors (Lipinski definition) is 1. The fourth-order valence-corrected chi connectivity index (χ4v) is 4.65. The third kappa shape index (κ3) is 4.14. The quantitative estimate of drug-likeness (QED) is 0.657. The Morgan fingerprint density at radius 2 is 1.91 bits per heavy atom. The fraction of sp³-hybridized carbons (Fsp3) is 0.0714. The van der Waals surface area contributed by atoms with Crippen LogP contribution in [0.4, 0.5) is 5.82 Å². The molecule has 3 rings (SSSR count). The molecular weight excluding hydrogens is 422 g/mol. The smallest absolute Gasteiger partial charge is 0.266 e. The maximum absolute atomic E-state index is 12.2. The van der Waals surface area contributed by atoms with Crippen molar-refractivity contribution in [3.05, 3.63) is 63.0 Å². The number of halogens is 2. The van der Waals surface area contributed by atoms with E-state index >= 15 is 0 Å². The summed E-state index contributed by atoms with van der Waals surface area (Å²) in [6.45, 7) is 0.555. The van der Waals surface area contributed by atoms with Gasteiger partial charge in [0.1, 0.15) is 4.21 Å². The minimum Gasteiger partial charge on any atom is -0.266 e. The predicted molar refractivity (Wildman–Crippen MR) is 95.6 cm³/mol. The summed E-state index contributed by atoms with van der Waals surface area (Å²) in [7, 11) is -3.66. The number of rotatable bonds is 5. The van der Waals surface area contributed by atoms with Crippen LogP contribution in [0.3, 0.4) is 0 Å². The molecule has 0 radical (unpaired) electrons. The van der Waals surface area contributed by atoms with Crippen LogP contribution in [0.2, 0.25) is 4.34 Å². The van der Waals surface area contributed by atoms with Gasteiger partial charge in [-0.05, 0) is 29.8 Å². The van der Waals surface area contributed by atoms with Gasteiger partial charge in [0.15, 0.2) is 5.82 Å². The monoisotopic (exact) mass is 431 g/mol. The molecule has 3 aromatic rings. The molecule has 0 spiro atoms. The van der Waals surface area contributed by atoms with Crippen molar-refractivity contribution in [1.82, 2.24) is 9.78 Å². The summed E-state index contributed by atoms with van der Waals surface area (Å²) in [5.41, 5.74) is 1.07. The lowest BCUT2D eigenvalue weighted by Crippen LogP contribution is -2.12. The molecule has 2 heterocycles. The number of benzene rings is 1. The highest BCUT2D eigenvalue weighted by Crippen LogP contribution is 2.26. The highest BCUT2D eigenvalue weighted by Gasteiger charge is 2.17. The van der Waals surface area contributed by atoms with E-state index in [1.807, 2.05) is 24.3 Å². The Balaban J connectivity index is 1.73. The lowest BCUT2D eigenvalue weighted by molar-refractivity contribution is 0.602. The number of nitrogens with zero attached hydrogens (tertiary/aromatic N) is 2. The minimum atomic E-state index is -3.66. The van der Waals surface area contributed by atoms with Gasteiger partial charge in [0.25, 0.3) is 10.0 Å². The average Bonchev–Trinajstić information content (AvgIpc) is 3.11. The Bertz CT molecular complexity index is 920. The van der Waals surface area contributed by atoms with Gasteiger partial charge in [-0.25, -0.2) is 8.42 Å². The maximum Gasteiger partial charge on any atom is 0.272 e. The molecule has 0 fully saturated rings. The van der Waals surface area contributed by atoms with Crippen LogP contribution in [0.1, 0.15) is 5.56 Å². The molecule has 23 heavy (non-hydrogen) atoms. The van der Waals surface area contributed by atoms with E-state index in [0.717, 1.165) is 21.4 Å². The molecule has 2 aromatic heterocycles. The van der Waals surface area contributed by atoms with E-state index in [2.05, 4.69) is 25.8 Å². The summed E-state index contributed by atoms with van der Waals surface area (Å²) in [6.07, 6.45) is 1.72. The van der Waals surface area contributed by atoms with Gasteiger partial charge in [0.05, 0.1) is 10.9 Å². The van der Waals surface area contributed by atoms with Gasteiger partial charge >= 0.3 is 0 Å². The molecule has 1 aromatic carbocycles. The number of anilines is 1. The van der Waals surface area contributed by atoms with Crippen LogP contribution in [0.5, 0.6) is 0 Å². The molecule has 120 valence electrons. The Morgan fingerprint density at radius 3 is 2.57 bits per heavy atom. The molecule has 9 heteroatoms. The first-order chi connectivity index (χ1) is 10.9. The second kappa shape index (κ2) is 6.64. The normalized spacial score (nSPS) is 11.6. The molecule has 0 aliphatic heterocycles. The van der Waals surface area contributed by atoms with Gasteiger partial charge in [-0.3, -0.25) is 9.40 Å². The standard InChI is InChI=1S/C14H11BrClN3O2S2/c15-11-3-1-10(2-4-11)9-19-8-7-13(17-19)18-23(20,21)14-6-5-12(16)22-14/h1-8H,9H2,(H,17,18). The molecule has 0 saturated carbocycles. The Kier molecular flexibility index (Phi) is 4.77. The Morgan fingerprint density at radius 1 is 1.17 bits per heavy atom. The van der Waals surface area contributed by atoms with Gasteiger partial charge in [0.2, 0.25) is 0 Å². The van der Waals surface area contributed by atoms with Crippen molar-refractivity contribution in [1.29, 1.82) is 0 Å². The van der Waals surface area contributed by atoms with E-state index in [0.29, 0.717) is 10.9 Å². The minimum absolute atomic E-state index is 0.157. The number of thiophene rings is 1. The summed E-state index contributed by atoms with van der Waals surface area (Å²) in [5, 5.41) is 4.23. The van der Waals surface area contributed by atoms with Crippen LogP contribution in [-0.2, 0) is 16.6 Å². The van der Waals surface area contributed by atoms with Gasteiger partial charge in [-0.1, -0.05) is 39.7 Å². The van der Waals surface area contributed by atoms with Crippen molar-refractivity contribution in [3.63, 3.8) is 0 Å². The predicted octanol–water partition coefficient (Wildman–Crippen LogP) is 4.21. The molecule has 5 nitrogen and oxygen atoms in total. The van der Waals surface area contributed by atoms with Crippen LogP contribution in [-0.4, -0.2) is 18.2 Å². The molecule has 0 bridgehead atoms. The van der Waals surface area contributed by atoms with Crippen molar-refractivity contribution in [2.75, 3.05) is 4.72 Å². The summed E-state index contributed by atoms with van der Waals surface area (Å²) < 4.78 is 30.1. The summed E-state index contributed by atoms with van der Waals surface area (Å²) in [4.78, 5) is 0. The second-order valence-corrected chi connectivity index (χ2v) is 9.23. The number of sulfonamides is 1. The van der Waals surface area contributed by atoms with Crippen molar-refractivity contribution in [3.8, 4) is 0 Å². The molecule has 0 unspecified atom stereocenters. The third-order valence-electron chi connectivity index (χ3n) is 2.95. The zero-order valence-electron chi connectivity index (χ0n) is 11.6. The Hall–Kier alpha value is -1.35. The van der Waals surface area contributed by atoms with Gasteiger partial charge < -0.3 is 0 Å². The highest BCUT2D eigenvalue weighted by molar-refractivity contribution is 9.10. The highest BCUT2D eigenvalue weighted by atomic mass is 79.9. The average molecular weight is 433 g/mol. The SMILES string of the molecule is O=S(=O)(Nc1ccn(Cc2ccc(Br)cc2)n1)c1ccc(Cl)s1. The van der Waals surface area contributed by atoms with E-state index < -0.39 is 10.0 Å². The first-order valence-corrected chi connectivity index (χ1v) is 9.95. The summed E-state index contributed by atoms with van der Waals surface area (Å²) in [5.74, 6) is 0.270. The maximum atomic E-state index is 12.2. The van der Waals surface area contributed by atoms with Crippen molar-refractivity contribution in [2.45, 2.75) is 10.8 Å². The largest absolute Gasteiger partial charge is 0.272 e. The van der Waals surface area contributed by atoms with E-state index in [4.69, 9.17) is 11.6 Å². The zero-order valence-corrected chi connectivity index (χ0v) is 15.6. The first-order valence-electron chi connectivity index (χ1n) is 6.48. The van der Waals surface area contributed by atoms with Crippen molar-refractivity contribution < 1.29 is 8.42 Å². The molecule has 0 aliphatic rings. The van der Waals surface area contributed by atoms with Crippen LogP contribution < -0.4 is 4.72 Å². The van der Waals surface area contributed by atoms with Crippen molar-refractivity contribution in [2.24, 2.45) is 0 Å². The first kappa shape index (κ1) is 16.5. The number of aromatic nitrogens is 2. The van der Waals surface area contributed by atoms with E-state index in [9.17, 15) is 8.42 Å². The van der Waals surface area contributed by atoms with E-state index in [1.165, 1.54) is 6.07 Å². The fourth-order valence-electron chi connectivity index (χ4n) is 1.91. The molecule has 1 N–H and O–H groups in total. The molecular formula is C14H11BrClN3O2S2. The van der Waals surface area contributed by atoms with Crippen LogP contribution in [0.25, 0.3) is 0 Å². The van der Waals surface area contributed by atoms with E-state index in [-0.39, 0.29) is 10.0 Å². The lowest BCUT2D eigenvalue weighted by atomic mass is 10.2. The molecule has 0 amide bonds. The third-order valence-corrected chi connectivity index (χ3v) is 6.56. The zero-order chi connectivity index (χ0) is 16.4. The topological polar surface area (TPSA) is 64.0 Å². The second-order valence-electron chi connectivity index (χ2n) is 4.69. The number of hydrogen-bond acceptors (Lipinski definition) is 4.